The Morgan fingerprint density at radius 3 is 2.86 bits per heavy atom. The highest BCUT2D eigenvalue weighted by Crippen LogP contribution is 2.16. The Morgan fingerprint density at radius 1 is 1.36 bits per heavy atom. The Morgan fingerprint density at radius 2 is 2.14 bits per heavy atom. The molecule has 0 radical (unpaired) electrons. The van der Waals surface area contributed by atoms with E-state index in [4.69, 9.17) is 5.73 Å². The van der Waals surface area contributed by atoms with Gasteiger partial charge < -0.3 is 16.0 Å². The van der Waals surface area contributed by atoms with Gasteiger partial charge in [0.25, 0.3) is 5.56 Å². The SMILES string of the molecule is CC#CCN(CNCCNCC)c1c(N)cnn(Cc2cccnc2F)c1=O. The summed E-state index contributed by atoms with van der Waals surface area (Å²) in [6.45, 7) is 6.88. The average molecular weight is 387 g/mol. The smallest absolute Gasteiger partial charge is 0.292 e. The molecule has 150 valence electrons. The van der Waals surface area contributed by atoms with Gasteiger partial charge >= 0.3 is 0 Å². The van der Waals surface area contributed by atoms with Crippen LogP contribution in [0.15, 0.2) is 29.3 Å². The van der Waals surface area contributed by atoms with Gasteiger partial charge in [0.1, 0.15) is 5.69 Å². The Labute approximate surface area is 164 Å². The van der Waals surface area contributed by atoms with E-state index < -0.39 is 11.5 Å². The van der Waals surface area contributed by atoms with Gasteiger partial charge in [-0.05, 0) is 19.5 Å². The summed E-state index contributed by atoms with van der Waals surface area (Å²) in [4.78, 5) is 18.4. The lowest BCUT2D eigenvalue weighted by molar-refractivity contribution is 0.540. The maximum Gasteiger partial charge on any atom is 0.292 e. The van der Waals surface area contributed by atoms with Gasteiger partial charge in [-0.3, -0.25) is 10.1 Å². The molecular weight excluding hydrogens is 361 g/mol. The fourth-order valence-corrected chi connectivity index (χ4v) is 2.58. The Bertz CT molecular complexity index is 888. The second-order valence-electron chi connectivity index (χ2n) is 6.00. The van der Waals surface area contributed by atoms with E-state index in [0.29, 0.717) is 13.2 Å². The molecule has 2 aromatic heterocycles. The van der Waals surface area contributed by atoms with E-state index in [2.05, 4.69) is 32.6 Å². The summed E-state index contributed by atoms with van der Waals surface area (Å²) in [5.74, 6) is 5.15. The molecule has 28 heavy (non-hydrogen) atoms. The molecule has 2 aromatic rings. The first-order valence-electron chi connectivity index (χ1n) is 9.09. The van der Waals surface area contributed by atoms with Crippen molar-refractivity contribution in [1.29, 1.82) is 0 Å². The second kappa shape index (κ2) is 11.0. The van der Waals surface area contributed by atoms with Crippen molar-refractivity contribution in [2.24, 2.45) is 0 Å². The number of nitrogens with zero attached hydrogens (tertiary/aromatic N) is 4. The number of pyridine rings is 1. The highest BCUT2D eigenvalue weighted by atomic mass is 19.1. The Kier molecular flexibility index (Phi) is 8.39. The molecule has 2 rings (SSSR count). The minimum absolute atomic E-state index is 0.0348. The number of nitrogens with two attached hydrogens (primary N) is 1. The number of anilines is 2. The Hall–Kier alpha value is -2.96. The summed E-state index contributed by atoms with van der Waals surface area (Å²) in [5, 5.41) is 10.5. The number of nitrogens with one attached hydrogen (secondary N) is 2. The third-order valence-corrected chi connectivity index (χ3v) is 4.00. The molecule has 0 bridgehead atoms. The van der Waals surface area contributed by atoms with Crippen molar-refractivity contribution in [3.8, 4) is 11.8 Å². The zero-order chi connectivity index (χ0) is 20.4. The van der Waals surface area contributed by atoms with Gasteiger partial charge in [-0.25, -0.2) is 9.67 Å². The molecule has 0 aliphatic heterocycles. The second-order valence-corrected chi connectivity index (χ2v) is 6.00. The first-order chi connectivity index (χ1) is 13.6. The quantitative estimate of drug-likeness (QED) is 0.235. The van der Waals surface area contributed by atoms with E-state index in [1.165, 1.54) is 17.1 Å². The third kappa shape index (κ3) is 5.77. The van der Waals surface area contributed by atoms with Crippen LogP contribution in [0, 0.1) is 17.8 Å². The molecule has 0 amide bonds. The van der Waals surface area contributed by atoms with Gasteiger partial charge in [-0.2, -0.15) is 9.49 Å². The number of likely N-dealkylation sites (N-methyl/N-ethyl adjacent to an activating group) is 1. The molecule has 0 saturated heterocycles. The predicted molar refractivity (Wildman–Crippen MR) is 108 cm³/mol. The molecule has 0 aliphatic carbocycles. The summed E-state index contributed by atoms with van der Waals surface area (Å²) in [6.07, 6.45) is 2.75. The van der Waals surface area contributed by atoms with Crippen LogP contribution in [-0.2, 0) is 6.54 Å². The van der Waals surface area contributed by atoms with E-state index in [9.17, 15) is 9.18 Å². The summed E-state index contributed by atoms with van der Waals surface area (Å²) in [7, 11) is 0. The molecule has 8 nitrogen and oxygen atoms in total. The molecule has 0 spiro atoms. The van der Waals surface area contributed by atoms with Crippen molar-refractivity contribution in [2.75, 3.05) is 43.5 Å². The van der Waals surface area contributed by atoms with E-state index in [-0.39, 0.29) is 23.5 Å². The van der Waals surface area contributed by atoms with Crippen molar-refractivity contribution in [2.45, 2.75) is 20.4 Å². The minimum atomic E-state index is -0.631. The lowest BCUT2D eigenvalue weighted by atomic mass is 10.2. The van der Waals surface area contributed by atoms with Crippen LogP contribution >= 0.6 is 0 Å². The zero-order valence-electron chi connectivity index (χ0n) is 16.2. The van der Waals surface area contributed by atoms with Crippen LogP contribution in [0.4, 0.5) is 15.8 Å². The van der Waals surface area contributed by atoms with Crippen LogP contribution in [0.5, 0.6) is 0 Å². The molecule has 2 heterocycles. The number of halogens is 1. The maximum absolute atomic E-state index is 13.9. The summed E-state index contributed by atoms with van der Waals surface area (Å²) >= 11 is 0. The summed E-state index contributed by atoms with van der Waals surface area (Å²) in [6, 6.07) is 3.17. The highest BCUT2D eigenvalue weighted by molar-refractivity contribution is 5.65. The van der Waals surface area contributed by atoms with Crippen molar-refractivity contribution in [3.05, 3.63) is 46.4 Å². The molecule has 0 saturated carbocycles. The van der Waals surface area contributed by atoms with Crippen LogP contribution in [-0.4, -0.2) is 47.6 Å². The van der Waals surface area contributed by atoms with Crippen LogP contribution in [0.2, 0.25) is 0 Å². The molecule has 0 unspecified atom stereocenters. The highest BCUT2D eigenvalue weighted by Gasteiger charge is 2.17. The Balaban J connectivity index is 2.27. The van der Waals surface area contributed by atoms with E-state index in [0.717, 1.165) is 19.6 Å². The van der Waals surface area contributed by atoms with E-state index >= 15 is 0 Å². The molecule has 9 heteroatoms. The molecule has 0 aliphatic rings. The van der Waals surface area contributed by atoms with Crippen LogP contribution in [0.1, 0.15) is 19.4 Å². The number of aromatic nitrogens is 3. The fourth-order valence-electron chi connectivity index (χ4n) is 2.58. The van der Waals surface area contributed by atoms with Crippen molar-refractivity contribution in [1.82, 2.24) is 25.4 Å². The predicted octanol–water partition coefficient (Wildman–Crippen LogP) is 0.394. The molecule has 0 atom stereocenters. The van der Waals surface area contributed by atoms with Crippen molar-refractivity contribution >= 4 is 11.4 Å². The average Bonchev–Trinajstić information content (AvgIpc) is 2.69. The number of hydrogen-bond donors (Lipinski definition) is 3. The summed E-state index contributed by atoms with van der Waals surface area (Å²) < 4.78 is 15.0. The molecule has 0 fully saturated rings. The lowest BCUT2D eigenvalue weighted by Gasteiger charge is -2.24. The van der Waals surface area contributed by atoms with E-state index in [1.807, 2.05) is 6.92 Å². The normalized spacial score (nSPS) is 10.4. The monoisotopic (exact) mass is 387 g/mol. The molecule has 0 aromatic carbocycles. The number of hydrogen-bond acceptors (Lipinski definition) is 7. The zero-order valence-corrected chi connectivity index (χ0v) is 16.2. The van der Waals surface area contributed by atoms with Gasteiger partial charge in [-0.15, -0.1) is 5.92 Å². The first-order valence-corrected chi connectivity index (χ1v) is 9.09. The van der Waals surface area contributed by atoms with E-state index in [1.54, 1.807) is 24.0 Å². The fraction of sp³-hybridized carbons (Fsp3) is 0.421. The van der Waals surface area contributed by atoms with Gasteiger partial charge in [0.2, 0.25) is 5.95 Å². The topological polar surface area (TPSA) is 101 Å². The third-order valence-electron chi connectivity index (χ3n) is 4.00. The number of rotatable bonds is 10. The van der Waals surface area contributed by atoms with Crippen molar-refractivity contribution < 1.29 is 4.39 Å². The van der Waals surface area contributed by atoms with Gasteiger partial charge in [0.15, 0.2) is 0 Å². The van der Waals surface area contributed by atoms with Gasteiger partial charge in [-0.1, -0.05) is 18.9 Å². The lowest BCUT2D eigenvalue weighted by Crippen LogP contribution is -2.42. The van der Waals surface area contributed by atoms with Crippen LogP contribution in [0.25, 0.3) is 0 Å². The first kappa shape index (κ1) is 21.3. The molecule has 4 N–H and O–H groups in total. The number of nitrogen functional groups attached to an aromatic ring is 1. The van der Waals surface area contributed by atoms with Crippen LogP contribution < -0.4 is 26.8 Å². The standard InChI is InChI=1S/C19H26FN7O/c1-3-5-11-26(14-23-10-9-22-4-2)17-16(21)12-25-27(19(17)28)13-15-7-6-8-24-18(15)20/h6-8,12,22-23H,4,9-11,13-14,21H2,1-2H3. The summed E-state index contributed by atoms with van der Waals surface area (Å²) in [5.41, 5.74) is 6.45. The van der Waals surface area contributed by atoms with Gasteiger partial charge in [0, 0.05) is 24.8 Å². The van der Waals surface area contributed by atoms with Crippen LogP contribution in [0.3, 0.4) is 0 Å². The van der Waals surface area contributed by atoms with Crippen molar-refractivity contribution in [3.63, 3.8) is 0 Å². The molecular formula is C19H26FN7O. The van der Waals surface area contributed by atoms with Gasteiger partial charge in [0.05, 0.1) is 31.6 Å². The largest absolute Gasteiger partial charge is 0.396 e. The minimum Gasteiger partial charge on any atom is -0.396 e. The maximum atomic E-state index is 13.9.